The van der Waals surface area contributed by atoms with Crippen molar-refractivity contribution in [3.8, 4) is 0 Å². The Hall–Kier alpha value is -1.51. The minimum atomic E-state index is -0.0969. The Bertz CT molecular complexity index is 479. The minimum Gasteiger partial charge on any atom is -0.384 e. The van der Waals surface area contributed by atoms with Gasteiger partial charge in [-0.05, 0) is 19.3 Å². The first kappa shape index (κ1) is 16.9. The first-order valence-electron chi connectivity index (χ1n) is 7.50. The zero-order chi connectivity index (χ0) is 15.9. The van der Waals surface area contributed by atoms with Crippen LogP contribution in [0.1, 0.15) is 31.0 Å². The van der Waals surface area contributed by atoms with Crippen LogP contribution in [0.15, 0.2) is 4.52 Å². The van der Waals surface area contributed by atoms with Crippen LogP contribution in [0, 0.1) is 5.92 Å². The van der Waals surface area contributed by atoms with Gasteiger partial charge in [0, 0.05) is 26.2 Å². The third kappa shape index (κ3) is 4.49. The van der Waals surface area contributed by atoms with E-state index < -0.39 is 0 Å². The molecule has 3 atom stereocenters. The molecule has 1 heterocycles. The van der Waals surface area contributed by atoms with Crippen molar-refractivity contribution in [1.29, 1.82) is 0 Å². The molecule has 8 heteroatoms. The third-order valence-electron chi connectivity index (χ3n) is 3.96. The predicted octanol–water partition coefficient (Wildman–Crippen LogP) is 0.0171. The first-order valence-corrected chi connectivity index (χ1v) is 7.50. The van der Waals surface area contributed by atoms with E-state index in [9.17, 15) is 4.79 Å². The van der Waals surface area contributed by atoms with Crippen molar-refractivity contribution in [2.24, 2.45) is 11.7 Å². The van der Waals surface area contributed by atoms with E-state index >= 15 is 0 Å². The number of rotatable bonds is 7. The van der Waals surface area contributed by atoms with E-state index in [0.29, 0.717) is 31.2 Å². The molecule has 1 aromatic heterocycles. The molecule has 0 saturated heterocycles. The van der Waals surface area contributed by atoms with Gasteiger partial charge in [-0.2, -0.15) is 4.98 Å². The summed E-state index contributed by atoms with van der Waals surface area (Å²) in [6.45, 7) is 0.781. The fraction of sp³-hybridized carbons (Fsp3) is 0.786. The summed E-state index contributed by atoms with van der Waals surface area (Å²) in [5.41, 5.74) is 6.02. The number of nitrogens with one attached hydrogen (secondary N) is 1. The molecule has 0 aliphatic heterocycles. The highest BCUT2D eigenvalue weighted by atomic mass is 16.5. The van der Waals surface area contributed by atoms with Gasteiger partial charge >= 0.3 is 0 Å². The molecule has 0 spiro atoms. The SMILES string of the molecule is COCCc1nc(CNC(=O)[C@H]2CC[C@@H](OC)[C@H](N)C2)no1. The number of amides is 1. The first-order chi connectivity index (χ1) is 10.6. The fourth-order valence-corrected chi connectivity index (χ4v) is 2.67. The predicted molar refractivity (Wildman–Crippen MR) is 77.8 cm³/mol. The molecule has 2 rings (SSSR count). The second-order valence-corrected chi connectivity index (χ2v) is 5.51. The van der Waals surface area contributed by atoms with Crippen LogP contribution in [0.3, 0.4) is 0 Å². The number of carbonyl (C=O) groups excluding carboxylic acids is 1. The highest BCUT2D eigenvalue weighted by Gasteiger charge is 2.31. The number of hydrogen-bond acceptors (Lipinski definition) is 7. The van der Waals surface area contributed by atoms with E-state index in [2.05, 4.69) is 15.5 Å². The van der Waals surface area contributed by atoms with Crippen LogP contribution < -0.4 is 11.1 Å². The Labute approximate surface area is 129 Å². The van der Waals surface area contributed by atoms with E-state index in [1.54, 1.807) is 14.2 Å². The number of nitrogens with two attached hydrogens (primary N) is 1. The monoisotopic (exact) mass is 312 g/mol. The highest BCUT2D eigenvalue weighted by molar-refractivity contribution is 5.78. The largest absolute Gasteiger partial charge is 0.384 e. The lowest BCUT2D eigenvalue weighted by Crippen LogP contribution is -2.45. The molecule has 0 aromatic carbocycles. The summed E-state index contributed by atoms with van der Waals surface area (Å²) in [6, 6.07) is -0.0969. The lowest BCUT2D eigenvalue weighted by Gasteiger charge is -2.32. The Morgan fingerprint density at radius 1 is 1.45 bits per heavy atom. The number of carbonyl (C=O) groups is 1. The van der Waals surface area contributed by atoms with Crippen molar-refractivity contribution in [2.45, 2.75) is 44.4 Å². The smallest absolute Gasteiger partial charge is 0.229 e. The summed E-state index contributed by atoms with van der Waals surface area (Å²) in [5, 5.41) is 6.67. The summed E-state index contributed by atoms with van der Waals surface area (Å²) < 4.78 is 15.3. The Balaban J connectivity index is 1.77. The second-order valence-electron chi connectivity index (χ2n) is 5.51. The number of methoxy groups -OCH3 is 2. The van der Waals surface area contributed by atoms with Crippen LogP contribution in [-0.4, -0.2) is 49.0 Å². The number of ether oxygens (including phenoxy) is 2. The Kier molecular flexibility index (Phi) is 6.29. The Morgan fingerprint density at radius 3 is 2.95 bits per heavy atom. The number of hydrogen-bond donors (Lipinski definition) is 2. The average Bonchev–Trinajstić information content (AvgIpc) is 2.98. The number of nitrogens with zero attached hydrogens (tertiary/aromatic N) is 2. The molecule has 1 aliphatic carbocycles. The summed E-state index contributed by atoms with van der Waals surface area (Å²) >= 11 is 0. The van der Waals surface area contributed by atoms with Crippen molar-refractivity contribution in [1.82, 2.24) is 15.5 Å². The van der Waals surface area contributed by atoms with Crippen molar-refractivity contribution >= 4 is 5.91 Å². The van der Waals surface area contributed by atoms with E-state index in [1.165, 1.54) is 0 Å². The molecular formula is C14H24N4O4. The molecule has 1 saturated carbocycles. The Morgan fingerprint density at radius 2 is 2.27 bits per heavy atom. The van der Waals surface area contributed by atoms with Gasteiger partial charge in [-0.15, -0.1) is 0 Å². The molecule has 1 amide bonds. The molecule has 1 aliphatic rings. The van der Waals surface area contributed by atoms with Crippen molar-refractivity contribution in [2.75, 3.05) is 20.8 Å². The molecule has 8 nitrogen and oxygen atoms in total. The molecule has 0 radical (unpaired) electrons. The van der Waals surface area contributed by atoms with Gasteiger partial charge in [0.1, 0.15) is 0 Å². The van der Waals surface area contributed by atoms with E-state index in [-0.39, 0.29) is 30.5 Å². The topological polar surface area (TPSA) is 112 Å². The van der Waals surface area contributed by atoms with E-state index in [4.69, 9.17) is 19.7 Å². The average molecular weight is 312 g/mol. The lowest BCUT2D eigenvalue weighted by molar-refractivity contribution is -0.127. The maximum absolute atomic E-state index is 12.2. The van der Waals surface area contributed by atoms with E-state index in [1.807, 2.05) is 0 Å². The summed E-state index contributed by atoms with van der Waals surface area (Å²) in [4.78, 5) is 16.4. The molecule has 1 aromatic rings. The van der Waals surface area contributed by atoms with Crippen LogP contribution in [-0.2, 0) is 27.2 Å². The molecule has 124 valence electrons. The second kappa shape index (κ2) is 8.21. The summed E-state index contributed by atoms with van der Waals surface area (Å²) in [7, 11) is 3.27. The van der Waals surface area contributed by atoms with Gasteiger partial charge in [0.15, 0.2) is 5.82 Å². The van der Waals surface area contributed by atoms with Crippen molar-refractivity contribution in [3.05, 3.63) is 11.7 Å². The van der Waals surface area contributed by atoms with Crippen molar-refractivity contribution in [3.63, 3.8) is 0 Å². The van der Waals surface area contributed by atoms with E-state index in [0.717, 1.165) is 12.8 Å². The van der Waals surface area contributed by atoms with Gasteiger partial charge in [-0.3, -0.25) is 4.79 Å². The van der Waals surface area contributed by atoms with Crippen LogP contribution in [0.25, 0.3) is 0 Å². The number of aromatic nitrogens is 2. The minimum absolute atomic E-state index is 0.0201. The van der Waals surface area contributed by atoms with Crippen LogP contribution >= 0.6 is 0 Å². The van der Waals surface area contributed by atoms with Gasteiger partial charge in [0.25, 0.3) is 0 Å². The molecule has 1 fully saturated rings. The van der Waals surface area contributed by atoms with Crippen LogP contribution in [0.2, 0.25) is 0 Å². The normalized spacial score (nSPS) is 25.1. The van der Waals surface area contributed by atoms with Gasteiger partial charge in [-0.25, -0.2) is 0 Å². The molecule has 22 heavy (non-hydrogen) atoms. The third-order valence-corrected chi connectivity index (χ3v) is 3.96. The maximum atomic E-state index is 12.2. The van der Waals surface area contributed by atoms with Gasteiger partial charge < -0.3 is 25.0 Å². The fourth-order valence-electron chi connectivity index (χ4n) is 2.67. The quantitative estimate of drug-likeness (QED) is 0.729. The summed E-state index contributed by atoms with van der Waals surface area (Å²) in [5.74, 6) is 0.873. The highest BCUT2D eigenvalue weighted by Crippen LogP contribution is 2.25. The van der Waals surface area contributed by atoms with Gasteiger partial charge in [0.2, 0.25) is 11.8 Å². The van der Waals surface area contributed by atoms with Crippen LogP contribution in [0.4, 0.5) is 0 Å². The zero-order valence-electron chi connectivity index (χ0n) is 13.1. The summed E-state index contributed by atoms with van der Waals surface area (Å²) in [6.07, 6.45) is 2.83. The van der Waals surface area contributed by atoms with Gasteiger partial charge in [0.05, 0.1) is 25.7 Å². The molecule has 0 unspecified atom stereocenters. The molecule has 0 bridgehead atoms. The standard InChI is InChI=1S/C14H24N4O4/c1-20-6-5-13-17-12(18-22-13)8-16-14(19)9-3-4-11(21-2)10(15)7-9/h9-11H,3-8,15H2,1-2H3,(H,16,19)/t9-,10+,11+/m0/s1. The van der Waals surface area contributed by atoms with Crippen LogP contribution in [0.5, 0.6) is 0 Å². The maximum Gasteiger partial charge on any atom is 0.229 e. The molecule has 3 N–H and O–H groups in total. The zero-order valence-corrected chi connectivity index (χ0v) is 13.1. The van der Waals surface area contributed by atoms with Gasteiger partial charge in [-0.1, -0.05) is 5.16 Å². The van der Waals surface area contributed by atoms with Crippen molar-refractivity contribution < 1.29 is 18.8 Å². The lowest BCUT2D eigenvalue weighted by atomic mass is 9.83. The molecular weight excluding hydrogens is 288 g/mol.